The maximum atomic E-state index is 6.35. The Morgan fingerprint density at radius 1 is 1.12 bits per heavy atom. The molecule has 2 aliphatic rings. The summed E-state index contributed by atoms with van der Waals surface area (Å²) < 4.78 is 6.35. The molecule has 0 bridgehead atoms. The van der Waals surface area contributed by atoms with Crippen molar-refractivity contribution in [2.75, 3.05) is 31.6 Å². The second kappa shape index (κ2) is 7.14. The van der Waals surface area contributed by atoms with Crippen LogP contribution in [0.4, 0.5) is 5.69 Å². The fourth-order valence-electron chi connectivity index (χ4n) is 4.13. The molecule has 25 heavy (non-hydrogen) atoms. The van der Waals surface area contributed by atoms with Crippen molar-refractivity contribution in [3.8, 4) is 0 Å². The minimum absolute atomic E-state index is 0.0777. The highest BCUT2D eigenvalue weighted by molar-refractivity contribution is 5.46. The first-order valence-corrected chi connectivity index (χ1v) is 9.28. The molecule has 132 valence electrons. The zero-order valence-corrected chi connectivity index (χ0v) is 15.0. The van der Waals surface area contributed by atoms with Crippen molar-refractivity contribution in [2.45, 2.75) is 37.5 Å². The minimum atomic E-state index is 0.0777. The summed E-state index contributed by atoms with van der Waals surface area (Å²) in [6.07, 6.45) is 5.26. The Morgan fingerprint density at radius 3 is 2.60 bits per heavy atom. The van der Waals surface area contributed by atoms with E-state index in [-0.39, 0.29) is 5.60 Å². The number of pyridine rings is 1. The molecule has 2 fully saturated rings. The maximum absolute atomic E-state index is 6.35. The van der Waals surface area contributed by atoms with Crippen molar-refractivity contribution >= 4 is 5.69 Å². The van der Waals surface area contributed by atoms with Gasteiger partial charge in [0.05, 0.1) is 23.9 Å². The molecule has 0 aliphatic carbocycles. The van der Waals surface area contributed by atoms with Crippen molar-refractivity contribution in [3.63, 3.8) is 0 Å². The number of likely N-dealkylation sites (tertiary alicyclic amines) is 1. The number of piperidine rings is 1. The van der Waals surface area contributed by atoms with Crippen LogP contribution in [-0.2, 0) is 11.3 Å². The standard InChI is InChI=1S/C21H27N3O/c1-23(19-8-3-2-4-9-19)20-15-21(25-17-20)10-13-24(14-11-21)16-18-7-5-6-12-22-18/h2-9,12,20H,10-11,13-17H2,1H3. The third-order valence-corrected chi connectivity index (χ3v) is 5.78. The van der Waals surface area contributed by atoms with Gasteiger partial charge in [-0.15, -0.1) is 0 Å². The molecular weight excluding hydrogens is 310 g/mol. The van der Waals surface area contributed by atoms with E-state index in [1.807, 2.05) is 12.3 Å². The average Bonchev–Trinajstić information content (AvgIpc) is 3.09. The van der Waals surface area contributed by atoms with E-state index in [9.17, 15) is 0 Å². The lowest BCUT2D eigenvalue weighted by Gasteiger charge is -2.39. The molecule has 4 nitrogen and oxygen atoms in total. The zero-order chi connectivity index (χ0) is 17.1. The van der Waals surface area contributed by atoms with Gasteiger partial charge >= 0.3 is 0 Å². The van der Waals surface area contributed by atoms with Crippen LogP contribution in [0.15, 0.2) is 54.7 Å². The summed E-state index contributed by atoms with van der Waals surface area (Å²) in [5, 5.41) is 0. The van der Waals surface area contributed by atoms with Crippen LogP contribution in [-0.4, -0.2) is 48.3 Å². The number of nitrogens with zero attached hydrogens (tertiary/aromatic N) is 3. The third kappa shape index (κ3) is 3.70. The number of hydrogen-bond donors (Lipinski definition) is 0. The van der Waals surface area contributed by atoms with Gasteiger partial charge in [-0.2, -0.15) is 0 Å². The van der Waals surface area contributed by atoms with Gasteiger partial charge in [-0.3, -0.25) is 9.88 Å². The van der Waals surface area contributed by atoms with Crippen LogP contribution in [0.5, 0.6) is 0 Å². The van der Waals surface area contributed by atoms with Gasteiger partial charge in [0.2, 0.25) is 0 Å². The lowest BCUT2D eigenvalue weighted by atomic mass is 9.87. The maximum Gasteiger partial charge on any atom is 0.0728 e. The SMILES string of the molecule is CN(c1ccccc1)C1COC2(CCN(Cc3ccccn3)CC2)C1. The van der Waals surface area contributed by atoms with Crippen LogP contribution >= 0.6 is 0 Å². The second-order valence-corrected chi connectivity index (χ2v) is 7.40. The smallest absolute Gasteiger partial charge is 0.0728 e. The van der Waals surface area contributed by atoms with E-state index in [1.54, 1.807) is 0 Å². The number of para-hydroxylation sites is 1. The number of aromatic nitrogens is 1. The van der Waals surface area contributed by atoms with Crippen molar-refractivity contribution < 1.29 is 4.74 Å². The van der Waals surface area contributed by atoms with Gasteiger partial charge in [-0.25, -0.2) is 0 Å². The largest absolute Gasteiger partial charge is 0.373 e. The summed E-state index contributed by atoms with van der Waals surface area (Å²) in [4.78, 5) is 9.34. The van der Waals surface area contributed by atoms with Crippen LogP contribution in [0.1, 0.15) is 25.0 Å². The molecule has 0 N–H and O–H groups in total. The summed E-state index contributed by atoms with van der Waals surface area (Å²) in [5.74, 6) is 0. The van der Waals surface area contributed by atoms with Gasteiger partial charge < -0.3 is 9.64 Å². The predicted molar refractivity (Wildman–Crippen MR) is 101 cm³/mol. The summed E-state index contributed by atoms with van der Waals surface area (Å²) in [6, 6.07) is 17.3. The average molecular weight is 337 g/mol. The molecule has 1 aromatic carbocycles. The molecule has 2 aromatic rings. The van der Waals surface area contributed by atoms with Crippen molar-refractivity contribution in [1.82, 2.24) is 9.88 Å². The molecular formula is C21H27N3O. The Kier molecular flexibility index (Phi) is 4.73. The number of benzene rings is 1. The highest BCUT2D eigenvalue weighted by atomic mass is 16.5. The molecule has 1 unspecified atom stereocenters. The molecule has 2 aliphatic heterocycles. The molecule has 4 rings (SSSR count). The number of anilines is 1. The molecule has 1 atom stereocenters. The first kappa shape index (κ1) is 16.6. The molecule has 0 amide bonds. The molecule has 2 saturated heterocycles. The lowest BCUT2D eigenvalue weighted by molar-refractivity contribution is -0.0450. The number of rotatable bonds is 4. The summed E-state index contributed by atoms with van der Waals surface area (Å²) in [7, 11) is 2.19. The molecule has 0 saturated carbocycles. The fraction of sp³-hybridized carbons (Fsp3) is 0.476. The summed E-state index contributed by atoms with van der Waals surface area (Å²) in [6.45, 7) is 3.98. The van der Waals surface area contributed by atoms with Gasteiger partial charge in [0, 0.05) is 38.6 Å². The van der Waals surface area contributed by atoms with Gasteiger partial charge in [-0.1, -0.05) is 24.3 Å². The lowest BCUT2D eigenvalue weighted by Crippen LogP contribution is -2.44. The van der Waals surface area contributed by atoms with E-state index >= 15 is 0 Å². The minimum Gasteiger partial charge on any atom is -0.373 e. The van der Waals surface area contributed by atoms with Crippen molar-refractivity contribution in [3.05, 3.63) is 60.4 Å². The van der Waals surface area contributed by atoms with Crippen molar-refractivity contribution in [1.29, 1.82) is 0 Å². The normalized spacial score (nSPS) is 23.0. The van der Waals surface area contributed by atoms with E-state index in [2.05, 4.69) is 64.3 Å². The van der Waals surface area contributed by atoms with Gasteiger partial charge in [-0.05, 0) is 43.5 Å². The van der Waals surface area contributed by atoms with E-state index < -0.39 is 0 Å². The Morgan fingerprint density at radius 2 is 1.88 bits per heavy atom. The van der Waals surface area contributed by atoms with Gasteiger partial charge in [0.1, 0.15) is 0 Å². The van der Waals surface area contributed by atoms with Crippen LogP contribution in [0.25, 0.3) is 0 Å². The number of ether oxygens (including phenoxy) is 1. The van der Waals surface area contributed by atoms with Gasteiger partial charge in [0.25, 0.3) is 0 Å². The Balaban J connectivity index is 1.33. The van der Waals surface area contributed by atoms with E-state index in [0.29, 0.717) is 6.04 Å². The quantitative estimate of drug-likeness (QED) is 0.855. The highest BCUT2D eigenvalue weighted by Crippen LogP contribution is 2.38. The predicted octanol–water partition coefficient (Wildman–Crippen LogP) is 3.34. The van der Waals surface area contributed by atoms with E-state index in [0.717, 1.165) is 51.2 Å². The highest BCUT2D eigenvalue weighted by Gasteiger charge is 2.43. The molecule has 1 spiro atoms. The van der Waals surface area contributed by atoms with Crippen LogP contribution in [0, 0.1) is 0 Å². The molecule has 1 aromatic heterocycles. The molecule has 4 heteroatoms. The fourth-order valence-corrected chi connectivity index (χ4v) is 4.13. The van der Waals surface area contributed by atoms with Crippen LogP contribution < -0.4 is 4.90 Å². The van der Waals surface area contributed by atoms with E-state index in [4.69, 9.17) is 4.74 Å². The number of hydrogen-bond acceptors (Lipinski definition) is 4. The molecule has 3 heterocycles. The second-order valence-electron chi connectivity index (χ2n) is 7.40. The van der Waals surface area contributed by atoms with Crippen molar-refractivity contribution in [2.24, 2.45) is 0 Å². The molecule has 0 radical (unpaired) electrons. The topological polar surface area (TPSA) is 28.6 Å². The van der Waals surface area contributed by atoms with Crippen LogP contribution in [0.3, 0.4) is 0 Å². The van der Waals surface area contributed by atoms with E-state index in [1.165, 1.54) is 5.69 Å². The number of likely N-dealkylation sites (N-methyl/N-ethyl adjacent to an activating group) is 1. The first-order chi connectivity index (χ1) is 12.2. The Bertz CT molecular complexity index is 668. The monoisotopic (exact) mass is 337 g/mol. The summed E-state index contributed by atoms with van der Waals surface area (Å²) in [5.41, 5.74) is 2.52. The first-order valence-electron chi connectivity index (χ1n) is 9.28. The summed E-state index contributed by atoms with van der Waals surface area (Å²) >= 11 is 0. The Labute approximate surface area is 150 Å². The zero-order valence-electron chi connectivity index (χ0n) is 15.0. The Hall–Kier alpha value is -1.91. The third-order valence-electron chi connectivity index (χ3n) is 5.78. The van der Waals surface area contributed by atoms with Gasteiger partial charge in [0.15, 0.2) is 0 Å². The van der Waals surface area contributed by atoms with Crippen LogP contribution in [0.2, 0.25) is 0 Å².